The summed E-state index contributed by atoms with van der Waals surface area (Å²) in [4.78, 5) is 18.3. The molecule has 0 fully saturated rings. The highest BCUT2D eigenvalue weighted by atomic mass is 16.1. The second-order valence-electron chi connectivity index (χ2n) is 4.93. The van der Waals surface area contributed by atoms with E-state index in [4.69, 9.17) is 0 Å². The highest BCUT2D eigenvalue weighted by Crippen LogP contribution is 2.07. The number of hydrogen-bond donors (Lipinski definition) is 2. The fraction of sp³-hybridized carbons (Fsp3) is 0.571. The van der Waals surface area contributed by atoms with Crippen molar-refractivity contribution in [1.82, 2.24) is 15.2 Å². The van der Waals surface area contributed by atoms with Gasteiger partial charge in [0.25, 0.3) is 5.91 Å². The largest absolute Gasteiger partial charge is 0.385 e. The number of rotatable bonds is 7. The first-order valence-electron chi connectivity index (χ1n) is 6.68. The van der Waals surface area contributed by atoms with Crippen LogP contribution in [0.4, 0.5) is 5.69 Å². The van der Waals surface area contributed by atoms with Crippen molar-refractivity contribution in [1.29, 1.82) is 0 Å². The molecule has 0 aromatic carbocycles. The maximum absolute atomic E-state index is 12.0. The average Bonchev–Trinajstić information content (AvgIpc) is 2.37. The molecule has 1 rings (SSSR count). The average molecular weight is 264 g/mol. The number of pyridine rings is 1. The van der Waals surface area contributed by atoms with E-state index in [-0.39, 0.29) is 11.9 Å². The standard InChI is InChI=1S/C14H24N4O/c1-5-15-12-6-8-16-13(10-12)14(19)17-11(2)7-9-18(3)4/h6,8,10-11H,5,7,9H2,1-4H3,(H,15,16)(H,17,19). The van der Waals surface area contributed by atoms with Crippen LogP contribution < -0.4 is 10.6 Å². The van der Waals surface area contributed by atoms with Gasteiger partial charge in [0.2, 0.25) is 0 Å². The summed E-state index contributed by atoms with van der Waals surface area (Å²) in [6, 6.07) is 3.77. The van der Waals surface area contributed by atoms with Gasteiger partial charge in [-0.15, -0.1) is 0 Å². The van der Waals surface area contributed by atoms with Crippen molar-refractivity contribution in [2.24, 2.45) is 0 Å². The molecule has 0 bridgehead atoms. The molecule has 5 heteroatoms. The lowest BCUT2D eigenvalue weighted by Crippen LogP contribution is -2.35. The third-order valence-corrected chi connectivity index (χ3v) is 2.76. The Hall–Kier alpha value is -1.62. The summed E-state index contributed by atoms with van der Waals surface area (Å²) < 4.78 is 0. The molecule has 106 valence electrons. The molecule has 1 heterocycles. The molecule has 2 N–H and O–H groups in total. The number of hydrogen-bond acceptors (Lipinski definition) is 4. The van der Waals surface area contributed by atoms with Crippen molar-refractivity contribution in [3.63, 3.8) is 0 Å². The van der Waals surface area contributed by atoms with E-state index in [1.165, 1.54) is 0 Å². The molecule has 0 spiro atoms. The molecular formula is C14H24N4O. The second-order valence-corrected chi connectivity index (χ2v) is 4.93. The van der Waals surface area contributed by atoms with E-state index in [1.54, 1.807) is 12.3 Å². The zero-order chi connectivity index (χ0) is 14.3. The van der Waals surface area contributed by atoms with E-state index in [2.05, 4.69) is 20.5 Å². The van der Waals surface area contributed by atoms with Crippen LogP contribution in [0, 0.1) is 0 Å². The summed E-state index contributed by atoms with van der Waals surface area (Å²) in [5.74, 6) is -0.119. The molecule has 1 unspecified atom stereocenters. The second kappa shape index (κ2) is 7.74. The maximum Gasteiger partial charge on any atom is 0.270 e. The number of nitrogens with zero attached hydrogens (tertiary/aromatic N) is 2. The van der Waals surface area contributed by atoms with E-state index in [0.29, 0.717) is 5.69 Å². The van der Waals surface area contributed by atoms with Crippen LogP contribution in [-0.2, 0) is 0 Å². The first kappa shape index (κ1) is 15.4. The Bertz CT molecular complexity index is 406. The van der Waals surface area contributed by atoms with E-state index in [0.717, 1.165) is 25.2 Å². The van der Waals surface area contributed by atoms with Crippen molar-refractivity contribution in [2.75, 3.05) is 32.5 Å². The highest BCUT2D eigenvalue weighted by Gasteiger charge is 2.11. The monoisotopic (exact) mass is 264 g/mol. The van der Waals surface area contributed by atoms with Crippen LogP contribution in [0.25, 0.3) is 0 Å². The SMILES string of the molecule is CCNc1ccnc(C(=O)NC(C)CCN(C)C)c1. The Morgan fingerprint density at radius 3 is 2.84 bits per heavy atom. The van der Waals surface area contributed by atoms with Gasteiger partial charge in [-0.3, -0.25) is 9.78 Å². The van der Waals surface area contributed by atoms with Gasteiger partial charge in [0.15, 0.2) is 0 Å². The maximum atomic E-state index is 12.0. The van der Waals surface area contributed by atoms with Gasteiger partial charge in [0.05, 0.1) is 0 Å². The van der Waals surface area contributed by atoms with Crippen LogP contribution in [0.3, 0.4) is 0 Å². The lowest BCUT2D eigenvalue weighted by molar-refractivity contribution is 0.0932. The molecule has 1 aromatic heterocycles. The van der Waals surface area contributed by atoms with Gasteiger partial charge in [-0.1, -0.05) is 0 Å². The summed E-state index contributed by atoms with van der Waals surface area (Å²) in [7, 11) is 4.05. The lowest BCUT2D eigenvalue weighted by atomic mass is 10.2. The van der Waals surface area contributed by atoms with Gasteiger partial charge < -0.3 is 15.5 Å². The fourth-order valence-electron chi connectivity index (χ4n) is 1.69. The summed E-state index contributed by atoms with van der Waals surface area (Å²) in [5, 5.41) is 6.13. The third kappa shape index (κ3) is 5.70. The Labute approximate surface area is 115 Å². The molecule has 19 heavy (non-hydrogen) atoms. The molecule has 0 aliphatic rings. The summed E-state index contributed by atoms with van der Waals surface area (Å²) in [6.45, 7) is 5.80. The number of aromatic nitrogens is 1. The number of carbonyl (C=O) groups excluding carboxylic acids is 1. The number of amides is 1. The van der Waals surface area contributed by atoms with Crippen molar-refractivity contribution in [3.8, 4) is 0 Å². The van der Waals surface area contributed by atoms with Crippen LogP contribution in [0.1, 0.15) is 30.8 Å². The predicted molar refractivity (Wildman–Crippen MR) is 78.5 cm³/mol. The molecule has 1 aromatic rings. The van der Waals surface area contributed by atoms with E-state index in [9.17, 15) is 4.79 Å². The number of anilines is 1. The van der Waals surface area contributed by atoms with Gasteiger partial charge >= 0.3 is 0 Å². The fourth-order valence-corrected chi connectivity index (χ4v) is 1.69. The lowest BCUT2D eigenvalue weighted by Gasteiger charge is -2.16. The van der Waals surface area contributed by atoms with Crippen LogP contribution in [-0.4, -0.2) is 49.0 Å². The minimum atomic E-state index is -0.119. The van der Waals surface area contributed by atoms with Gasteiger partial charge in [-0.25, -0.2) is 0 Å². The molecule has 1 atom stereocenters. The van der Waals surface area contributed by atoms with Crippen molar-refractivity contribution in [3.05, 3.63) is 24.0 Å². The van der Waals surface area contributed by atoms with E-state index >= 15 is 0 Å². The Balaban J connectivity index is 2.55. The van der Waals surface area contributed by atoms with Crippen LogP contribution in [0.2, 0.25) is 0 Å². The minimum Gasteiger partial charge on any atom is -0.385 e. The molecule has 1 amide bonds. The van der Waals surface area contributed by atoms with Crippen LogP contribution >= 0.6 is 0 Å². The Morgan fingerprint density at radius 2 is 2.21 bits per heavy atom. The van der Waals surface area contributed by atoms with Crippen LogP contribution in [0.15, 0.2) is 18.3 Å². The van der Waals surface area contributed by atoms with Crippen molar-refractivity contribution in [2.45, 2.75) is 26.3 Å². The van der Waals surface area contributed by atoms with Gasteiger partial charge in [0.1, 0.15) is 5.69 Å². The molecule has 0 saturated heterocycles. The Morgan fingerprint density at radius 1 is 1.47 bits per heavy atom. The van der Waals surface area contributed by atoms with Crippen molar-refractivity contribution >= 4 is 11.6 Å². The predicted octanol–water partition coefficient (Wildman–Crippen LogP) is 1.58. The number of carbonyl (C=O) groups is 1. The van der Waals surface area contributed by atoms with E-state index < -0.39 is 0 Å². The van der Waals surface area contributed by atoms with Gasteiger partial charge in [-0.05, 0) is 53.0 Å². The summed E-state index contributed by atoms with van der Waals surface area (Å²) in [5.41, 5.74) is 1.37. The topological polar surface area (TPSA) is 57.3 Å². The minimum absolute atomic E-state index is 0.119. The molecule has 0 saturated carbocycles. The molecule has 0 aliphatic heterocycles. The molecular weight excluding hydrogens is 240 g/mol. The molecule has 0 radical (unpaired) electrons. The first-order valence-corrected chi connectivity index (χ1v) is 6.68. The van der Waals surface area contributed by atoms with E-state index in [1.807, 2.05) is 34.0 Å². The number of nitrogens with one attached hydrogen (secondary N) is 2. The summed E-state index contributed by atoms with van der Waals surface area (Å²) in [6.07, 6.45) is 2.57. The Kier molecular flexibility index (Phi) is 6.29. The van der Waals surface area contributed by atoms with Crippen molar-refractivity contribution < 1.29 is 4.79 Å². The summed E-state index contributed by atoms with van der Waals surface area (Å²) >= 11 is 0. The molecule has 5 nitrogen and oxygen atoms in total. The van der Waals surface area contributed by atoms with Crippen LogP contribution in [0.5, 0.6) is 0 Å². The third-order valence-electron chi connectivity index (χ3n) is 2.76. The highest BCUT2D eigenvalue weighted by molar-refractivity contribution is 5.93. The quantitative estimate of drug-likeness (QED) is 0.785. The molecule has 0 aliphatic carbocycles. The smallest absolute Gasteiger partial charge is 0.270 e. The zero-order valence-electron chi connectivity index (χ0n) is 12.2. The van der Waals surface area contributed by atoms with Gasteiger partial charge in [0, 0.05) is 24.5 Å². The zero-order valence-corrected chi connectivity index (χ0v) is 12.2. The normalized spacial score (nSPS) is 12.3. The van der Waals surface area contributed by atoms with Gasteiger partial charge in [-0.2, -0.15) is 0 Å². The first-order chi connectivity index (χ1) is 9.02.